The maximum absolute atomic E-state index is 12.4. The first-order valence-corrected chi connectivity index (χ1v) is 7.81. The van der Waals surface area contributed by atoms with E-state index in [-0.39, 0.29) is 5.91 Å². The molecule has 1 amide bonds. The quantitative estimate of drug-likeness (QED) is 0.873. The number of nitrogens with two attached hydrogens (primary N) is 1. The van der Waals surface area contributed by atoms with E-state index in [1.807, 2.05) is 35.2 Å². The van der Waals surface area contributed by atoms with E-state index in [0.717, 1.165) is 49.3 Å². The van der Waals surface area contributed by atoms with Gasteiger partial charge in [0.25, 0.3) is 0 Å². The Balaban J connectivity index is 1.70. The number of hydrogen-bond acceptors (Lipinski definition) is 4. The molecule has 0 saturated carbocycles. The van der Waals surface area contributed by atoms with E-state index in [9.17, 15) is 4.79 Å². The summed E-state index contributed by atoms with van der Waals surface area (Å²) in [6.07, 6.45) is 0.344. The number of nitrogen functional groups attached to an aromatic ring is 1. The number of pyridine rings is 1. The lowest BCUT2D eigenvalue weighted by atomic mass is 10.1. The van der Waals surface area contributed by atoms with E-state index in [4.69, 9.17) is 5.73 Å². The summed E-state index contributed by atoms with van der Waals surface area (Å²) in [5.41, 5.74) is 8.19. The van der Waals surface area contributed by atoms with Crippen molar-refractivity contribution in [2.75, 3.05) is 38.5 Å². The Kier molecular flexibility index (Phi) is 4.24. The molecule has 0 unspecified atom stereocenters. The second kappa shape index (κ2) is 6.32. The van der Waals surface area contributed by atoms with Crippen LogP contribution < -0.4 is 5.73 Å². The van der Waals surface area contributed by atoms with Gasteiger partial charge in [-0.1, -0.05) is 25.1 Å². The average molecular weight is 298 g/mol. The second-order valence-electron chi connectivity index (χ2n) is 5.71. The van der Waals surface area contributed by atoms with Crippen molar-refractivity contribution in [3.63, 3.8) is 0 Å². The summed E-state index contributed by atoms with van der Waals surface area (Å²) in [7, 11) is 0. The fraction of sp³-hybridized carbons (Fsp3) is 0.412. The van der Waals surface area contributed by atoms with E-state index in [2.05, 4.69) is 16.8 Å². The smallest absolute Gasteiger partial charge is 0.228 e. The number of hydrogen-bond donors (Lipinski definition) is 1. The highest BCUT2D eigenvalue weighted by Crippen LogP contribution is 2.19. The van der Waals surface area contributed by atoms with E-state index in [1.165, 1.54) is 0 Å². The number of aromatic nitrogens is 1. The number of amides is 1. The van der Waals surface area contributed by atoms with Gasteiger partial charge >= 0.3 is 0 Å². The van der Waals surface area contributed by atoms with Crippen LogP contribution in [0.3, 0.4) is 0 Å². The largest absolute Gasteiger partial charge is 0.397 e. The Bertz CT molecular complexity index is 677. The summed E-state index contributed by atoms with van der Waals surface area (Å²) in [4.78, 5) is 21.3. The number of anilines is 1. The predicted octanol–water partition coefficient (Wildman–Crippen LogP) is 1.52. The molecule has 5 heteroatoms. The van der Waals surface area contributed by atoms with Crippen LogP contribution >= 0.6 is 0 Å². The van der Waals surface area contributed by atoms with Crippen LogP contribution in [0.5, 0.6) is 0 Å². The maximum Gasteiger partial charge on any atom is 0.228 e. The summed E-state index contributed by atoms with van der Waals surface area (Å²) in [5.74, 6) is 0.150. The van der Waals surface area contributed by atoms with Crippen LogP contribution in [-0.2, 0) is 11.2 Å². The van der Waals surface area contributed by atoms with Crippen molar-refractivity contribution in [2.24, 2.45) is 0 Å². The highest BCUT2D eigenvalue weighted by molar-refractivity contribution is 5.89. The summed E-state index contributed by atoms with van der Waals surface area (Å²) in [6, 6.07) is 9.63. The predicted molar refractivity (Wildman–Crippen MR) is 88.6 cm³/mol. The number of rotatable bonds is 3. The topological polar surface area (TPSA) is 62.5 Å². The molecule has 0 bridgehead atoms. The molecular weight excluding hydrogens is 276 g/mol. The first-order valence-electron chi connectivity index (χ1n) is 7.81. The lowest BCUT2D eigenvalue weighted by Crippen LogP contribution is -2.48. The molecule has 1 aromatic heterocycles. The minimum absolute atomic E-state index is 0.150. The van der Waals surface area contributed by atoms with Gasteiger partial charge in [-0.15, -0.1) is 0 Å². The maximum atomic E-state index is 12.4. The second-order valence-corrected chi connectivity index (χ2v) is 5.71. The first-order chi connectivity index (χ1) is 10.7. The van der Waals surface area contributed by atoms with E-state index in [0.29, 0.717) is 12.1 Å². The standard InChI is InChI=1S/C17H22N4O/c1-2-20-8-10-21(11-9-20)16(22)12-14-7-6-13-4-3-5-15(18)17(13)19-14/h3-7H,2,8-12,18H2,1H3. The van der Waals surface area contributed by atoms with Gasteiger partial charge in [-0.05, 0) is 18.7 Å². The molecule has 2 aromatic rings. The molecular formula is C17H22N4O. The van der Waals surface area contributed by atoms with Crippen LogP contribution in [0.15, 0.2) is 30.3 Å². The lowest BCUT2D eigenvalue weighted by molar-refractivity contribution is -0.132. The van der Waals surface area contributed by atoms with Gasteiger partial charge in [-0.3, -0.25) is 9.78 Å². The average Bonchev–Trinajstić information content (AvgIpc) is 2.55. The number of benzene rings is 1. The van der Waals surface area contributed by atoms with Gasteiger partial charge in [0, 0.05) is 31.6 Å². The van der Waals surface area contributed by atoms with Gasteiger partial charge in [-0.25, -0.2) is 0 Å². The third-order valence-corrected chi connectivity index (χ3v) is 4.31. The van der Waals surface area contributed by atoms with Crippen LogP contribution in [0.1, 0.15) is 12.6 Å². The number of likely N-dealkylation sites (N-methyl/N-ethyl adjacent to an activating group) is 1. The molecule has 1 fully saturated rings. The molecule has 1 saturated heterocycles. The molecule has 116 valence electrons. The van der Waals surface area contributed by atoms with Gasteiger partial charge in [0.1, 0.15) is 0 Å². The van der Waals surface area contributed by atoms with Crippen molar-refractivity contribution in [1.29, 1.82) is 0 Å². The molecule has 1 aliphatic rings. The fourth-order valence-electron chi connectivity index (χ4n) is 2.89. The number of piperazine rings is 1. The Morgan fingerprint density at radius 2 is 1.95 bits per heavy atom. The van der Waals surface area contributed by atoms with Crippen molar-refractivity contribution in [2.45, 2.75) is 13.3 Å². The third kappa shape index (κ3) is 3.04. The van der Waals surface area contributed by atoms with Crippen molar-refractivity contribution in [3.8, 4) is 0 Å². The Hall–Kier alpha value is -2.14. The molecule has 0 aliphatic carbocycles. The zero-order chi connectivity index (χ0) is 15.5. The minimum Gasteiger partial charge on any atom is -0.397 e. The van der Waals surface area contributed by atoms with Gasteiger partial charge in [0.2, 0.25) is 5.91 Å². The summed E-state index contributed by atoms with van der Waals surface area (Å²) < 4.78 is 0. The fourth-order valence-corrected chi connectivity index (χ4v) is 2.89. The summed E-state index contributed by atoms with van der Waals surface area (Å²) in [5, 5.41) is 1.01. The Morgan fingerprint density at radius 1 is 1.18 bits per heavy atom. The van der Waals surface area contributed by atoms with Gasteiger partial charge in [-0.2, -0.15) is 0 Å². The van der Waals surface area contributed by atoms with Gasteiger partial charge in [0.15, 0.2) is 0 Å². The number of para-hydroxylation sites is 1. The minimum atomic E-state index is 0.150. The van der Waals surface area contributed by atoms with Crippen LogP contribution in [0.4, 0.5) is 5.69 Å². The molecule has 0 spiro atoms. The van der Waals surface area contributed by atoms with Crippen molar-refractivity contribution < 1.29 is 4.79 Å². The summed E-state index contributed by atoms with van der Waals surface area (Å²) >= 11 is 0. The van der Waals surface area contributed by atoms with E-state index in [1.54, 1.807) is 0 Å². The molecule has 1 aliphatic heterocycles. The van der Waals surface area contributed by atoms with Crippen molar-refractivity contribution in [3.05, 3.63) is 36.0 Å². The highest BCUT2D eigenvalue weighted by atomic mass is 16.2. The normalized spacial score (nSPS) is 16.1. The molecule has 5 nitrogen and oxygen atoms in total. The SMILES string of the molecule is CCN1CCN(C(=O)Cc2ccc3cccc(N)c3n2)CC1. The van der Waals surface area contributed by atoms with E-state index < -0.39 is 0 Å². The number of carbonyl (C=O) groups excluding carboxylic acids is 1. The number of nitrogens with zero attached hydrogens (tertiary/aromatic N) is 3. The third-order valence-electron chi connectivity index (χ3n) is 4.31. The number of carbonyl (C=O) groups is 1. The zero-order valence-corrected chi connectivity index (χ0v) is 13.0. The Morgan fingerprint density at radius 3 is 2.68 bits per heavy atom. The molecule has 1 aromatic carbocycles. The molecule has 3 rings (SSSR count). The summed E-state index contributed by atoms with van der Waals surface area (Å²) in [6.45, 7) is 6.74. The van der Waals surface area contributed by atoms with Gasteiger partial charge < -0.3 is 15.5 Å². The van der Waals surface area contributed by atoms with Crippen molar-refractivity contribution >= 4 is 22.5 Å². The highest BCUT2D eigenvalue weighted by Gasteiger charge is 2.20. The monoisotopic (exact) mass is 298 g/mol. The molecule has 2 N–H and O–H groups in total. The van der Waals surface area contributed by atoms with Crippen LogP contribution in [0, 0.1) is 0 Å². The Labute approximate surface area is 130 Å². The van der Waals surface area contributed by atoms with Crippen LogP contribution in [0.25, 0.3) is 10.9 Å². The van der Waals surface area contributed by atoms with Crippen molar-refractivity contribution in [1.82, 2.24) is 14.8 Å². The lowest BCUT2D eigenvalue weighted by Gasteiger charge is -2.34. The van der Waals surface area contributed by atoms with Crippen LogP contribution in [-0.4, -0.2) is 53.4 Å². The van der Waals surface area contributed by atoms with Crippen LogP contribution in [0.2, 0.25) is 0 Å². The van der Waals surface area contributed by atoms with E-state index >= 15 is 0 Å². The van der Waals surface area contributed by atoms with Gasteiger partial charge in [0.05, 0.1) is 23.3 Å². The number of fused-ring (bicyclic) bond motifs is 1. The molecule has 22 heavy (non-hydrogen) atoms. The molecule has 0 atom stereocenters. The molecule has 0 radical (unpaired) electrons. The zero-order valence-electron chi connectivity index (χ0n) is 13.0. The molecule has 2 heterocycles. The first kappa shape index (κ1) is 14.8.